The predicted octanol–water partition coefficient (Wildman–Crippen LogP) is 0.0699. The molecule has 0 bridgehead atoms. The molecule has 9 heavy (non-hydrogen) atoms. The highest BCUT2D eigenvalue weighted by Crippen LogP contribution is 1.95. The second-order valence-corrected chi connectivity index (χ2v) is 3.57. The molecule has 0 rings (SSSR count). The highest BCUT2D eigenvalue weighted by atomic mass is 35.5. The van der Waals surface area contributed by atoms with Gasteiger partial charge in [0.1, 0.15) is 0 Å². The zero-order chi connectivity index (χ0) is 7.49. The van der Waals surface area contributed by atoms with Crippen LogP contribution in [0.4, 0.5) is 0 Å². The predicted molar refractivity (Wildman–Crippen MR) is 37.8 cm³/mol. The van der Waals surface area contributed by atoms with E-state index in [1.807, 2.05) is 0 Å². The summed E-state index contributed by atoms with van der Waals surface area (Å²) in [5.41, 5.74) is 0.416. The molecule has 5 heteroatoms. The van der Waals surface area contributed by atoms with E-state index < -0.39 is 10.0 Å². The molecule has 0 saturated carbocycles. The minimum Gasteiger partial charge on any atom is -0.228 e. The minimum absolute atomic E-state index is 0.135. The third-order valence-electron chi connectivity index (χ3n) is 0.594. The third kappa shape index (κ3) is 5.82. The summed E-state index contributed by atoms with van der Waals surface area (Å²) in [6, 6.07) is 0. The van der Waals surface area contributed by atoms with E-state index in [2.05, 4.69) is 11.7 Å². The van der Waals surface area contributed by atoms with E-state index >= 15 is 0 Å². The molecule has 0 aromatic heterocycles. The van der Waals surface area contributed by atoms with Crippen LogP contribution in [0.2, 0.25) is 0 Å². The summed E-state index contributed by atoms with van der Waals surface area (Å²) in [5, 5.41) is 4.66. The Kier molecular flexibility index (Phi) is 3.17. The van der Waals surface area contributed by atoms with Gasteiger partial charge in [0.15, 0.2) is 0 Å². The van der Waals surface area contributed by atoms with Gasteiger partial charge in [0.05, 0.1) is 5.75 Å². The maximum Gasteiger partial charge on any atom is 0.212 e. The van der Waals surface area contributed by atoms with E-state index in [4.69, 9.17) is 11.6 Å². The van der Waals surface area contributed by atoms with Crippen molar-refractivity contribution in [2.75, 3.05) is 11.6 Å². The molecule has 0 aromatic carbocycles. The summed E-state index contributed by atoms with van der Waals surface area (Å²) in [4.78, 5) is 0. The molecule has 0 atom stereocenters. The van der Waals surface area contributed by atoms with Gasteiger partial charge in [0, 0.05) is 5.88 Å². The summed E-state index contributed by atoms with van der Waals surface area (Å²) in [6.07, 6.45) is 0. The number of hydrogen-bond donors (Lipinski definition) is 1. The molecule has 0 aliphatic carbocycles. The fraction of sp³-hybridized carbons (Fsp3) is 0.500. The first-order valence-corrected chi connectivity index (χ1v) is 4.44. The maximum absolute atomic E-state index is 10.3. The van der Waals surface area contributed by atoms with Gasteiger partial charge in [-0.05, 0) is 5.57 Å². The van der Waals surface area contributed by atoms with Crippen molar-refractivity contribution in [3.8, 4) is 0 Å². The summed E-state index contributed by atoms with van der Waals surface area (Å²) >= 11 is 5.24. The van der Waals surface area contributed by atoms with Gasteiger partial charge in [0.2, 0.25) is 10.0 Å². The zero-order valence-corrected chi connectivity index (χ0v) is 6.37. The van der Waals surface area contributed by atoms with Crippen molar-refractivity contribution in [1.82, 2.24) is 0 Å². The van der Waals surface area contributed by atoms with Crippen molar-refractivity contribution >= 4 is 21.6 Å². The SMILES string of the molecule is C=C(CCl)CS(N)(=O)=O. The molecular formula is C4H8ClNO2S. The van der Waals surface area contributed by atoms with Gasteiger partial charge >= 0.3 is 0 Å². The summed E-state index contributed by atoms with van der Waals surface area (Å²) < 4.78 is 20.5. The van der Waals surface area contributed by atoms with E-state index in [1.165, 1.54) is 0 Å². The quantitative estimate of drug-likeness (QED) is 0.480. The molecule has 0 unspecified atom stereocenters. The smallest absolute Gasteiger partial charge is 0.212 e. The van der Waals surface area contributed by atoms with Crippen molar-refractivity contribution in [2.24, 2.45) is 5.14 Å². The van der Waals surface area contributed by atoms with Gasteiger partial charge in [-0.15, -0.1) is 11.6 Å². The fourth-order valence-electron chi connectivity index (χ4n) is 0.323. The Hall–Kier alpha value is -0.0600. The average molecular weight is 170 g/mol. The molecule has 0 saturated heterocycles. The first-order valence-electron chi connectivity index (χ1n) is 2.19. The summed E-state index contributed by atoms with van der Waals surface area (Å²) in [6.45, 7) is 3.37. The van der Waals surface area contributed by atoms with Crippen LogP contribution in [-0.2, 0) is 10.0 Å². The molecule has 0 heterocycles. The summed E-state index contributed by atoms with van der Waals surface area (Å²) in [5.74, 6) is -0.0903. The van der Waals surface area contributed by atoms with Crippen LogP contribution in [0.5, 0.6) is 0 Å². The number of rotatable bonds is 3. The van der Waals surface area contributed by atoms with Gasteiger partial charge in [-0.3, -0.25) is 0 Å². The van der Waals surface area contributed by atoms with Crippen LogP contribution in [0.15, 0.2) is 12.2 Å². The maximum atomic E-state index is 10.3. The van der Waals surface area contributed by atoms with Crippen molar-refractivity contribution < 1.29 is 8.42 Å². The average Bonchev–Trinajstić information content (AvgIpc) is 1.62. The number of sulfonamides is 1. The van der Waals surface area contributed by atoms with Crippen LogP contribution in [0.1, 0.15) is 0 Å². The molecule has 0 aliphatic rings. The van der Waals surface area contributed by atoms with E-state index in [0.717, 1.165) is 0 Å². The Morgan fingerprint density at radius 1 is 1.67 bits per heavy atom. The molecule has 0 spiro atoms. The normalized spacial score (nSPS) is 11.3. The Bertz CT molecular complexity index is 197. The van der Waals surface area contributed by atoms with Crippen LogP contribution in [0.25, 0.3) is 0 Å². The second kappa shape index (κ2) is 3.20. The highest BCUT2D eigenvalue weighted by Gasteiger charge is 2.03. The van der Waals surface area contributed by atoms with E-state index in [1.54, 1.807) is 0 Å². The van der Waals surface area contributed by atoms with Gasteiger partial charge < -0.3 is 0 Å². The standard InChI is InChI=1S/C4H8ClNO2S/c1-4(2-5)3-9(6,7)8/h1-3H2,(H2,6,7,8). The van der Waals surface area contributed by atoms with Crippen LogP contribution >= 0.6 is 11.6 Å². The molecule has 54 valence electrons. The minimum atomic E-state index is -3.42. The number of hydrogen-bond acceptors (Lipinski definition) is 2. The highest BCUT2D eigenvalue weighted by molar-refractivity contribution is 7.89. The lowest BCUT2D eigenvalue weighted by atomic mass is 10.4. The van der Waals surface area contributed by atoms with Gasteiger partial charge in [-0.1, -0.05) is 6.58 Å². The van der Waals surface area contributed by atoms with Crippen LogP contribution < -0.4 is 5.14 Å². The zero-order valence-electron chi connectivity index (χ0n) is 4.80. The second-order valence-electron chi connectivity index (χ2n) is 1.69. The monoisotopic (exact) mass is 169 g/mol. The van der Waals surface area contributed by atoms with Crippen LogP contribution in [0.3, 0.4) is 0 Å². The van der Waals surface area contributed by atoms with Gasteiger partial charge in [0.25, 0.3) is 0 Å². The molecule has 0 radical (unpaired) electrons. The molecule has 2 N–H and O–H groups in total. The van der Waals surface area contributed by atoms with E-state index in [9.17, 15) is 8.42 Å². The number of primary sulfonamides is 1. The van der Waals surface area contributed by atoms with Crippen molar-refractivity contribution in [3.63, 3.8) is 0 Å². The Labute approximate surface area is 59.5 Å². The number of nitrogens with two attached hydrogens (primary N) is 1. The molecule has 0 aliphatic heterocycles. The van der Waals surface area contributed by atoms with E-state index in [-0.39, 0.29) is 11.6 Å². The largest absolute Gasteiger partial charge is 0.228 e. The lowest BCUT2D eigenvalue weighted by molar-refractivity contribution is 0.600. The van der Waals surface area contributed by atoms with E-state index in [0.29, 0.717) is 5.57 Å². The molecule has 0 fully saturated rings. The summed E-state index contributed by atoms with van der Waals surface area (Å²) in [7, 11) is -3.42. The molecular weight excluding hydrogens is 162 g/mol. The molecule has 0 amide bonds. The number of alkyl halides is 1. The Morgan fingerprint density at radius 2 is 2.11 bits per heavy atom. The topological polar surface area (TPSA) is 60.2 Å². The fourth-order valence-corrected chi connectivity index (χ4v) is 1.20. The van der Waals surface area contributed by atoms with Crippen molar-refractivity contribution in [2.45, 2.75) is 0 Å². The molecule has 0 aromatic rings. The van der Waals surface area contributed by atoms with Crippen molar-refractivity contribution in [1.29, 1.82) is 0 Å². The van der Waals surface area contributed by atoms with Gasteiger partial charge in [-0.2, -0.15) is 0 Å². The lowest BCUT2D eigenvalue weighted by Gasteiger charge is -1.95. The number of halogens is 1. The van der Waals surface area contributed by atoms with Crippen LogP contribution in [0, 0.1) is 0 Å². The van der Waals surface area contributed by atoms with Crippen LogP contribution in [-0.4, -0.2) is 20.1 Å². The third-order valence-corrected chi connectivity index (χ3v) is 1.78. The van der Waals surface area contributed by atoms with Crippen molar-refractivity contribution in [3.05, 3.63) is 12.2 Å². The first kappa shape index (κ1) is 8.94. The van der Waals surface area contributed by atoms with Gasteiger partial charge in [-0.25, -0.2) is 13.6 Å². The molecule has 3 nitrogen and oxygen atoms in total. The first-order chi connectivity index (χ1) is 3.95. The Morgan fingerprint density at radius 3 is 2.22 bits per heavy atom. The lowest BCUT2D eigenvalue weighted by Crippen LogP contribution is -2.17. The Balaban J connectivity index is 3.91.